The number of amides is 1. The Bertz CT molecular complexity index is 505. The minimum Gasteiger partial charge on any atom is -0.465 e. The quantitative estimate of drug-likeness (QED) is 0.695. The number of esters is 1. The minimum atomic E-state index is -0.392. The Hall–Kier alpha value is -1.84. The summed E-state index contributed by atoms with van der Waals surface area (Å²) in [5.74, 6) is -0.396. The number of benzene rings is 1. The van der Waals surface area contributed by atoms with Crippen molar-refractivity contribution in [3.8, 4) is 0 Å². The molecule has 4 heteroatoms. The van der Waals surface area contributed by atoms with E-state index in [0.29, 0.717) is 11.1 Å². The molecule has 0 radical (unpaired) electrons. The predicted octanol–water partition coefficient (Wildman–Crippen LogP) is 1.79. The van der Waals surface area contributed by atoms with Gasteiger partial charge in [-0.05, 0) is 37.6 Å². The number of hydrogen-bond acceptors (Lipinski definition) is 3. The van der Waals surface area contributed by atoms with Gasteiger partial charge in [-0.25, -0.2) is 4.79 Å². The number of carbonyl (C=O) groups excluding carboxylic acids is 2. The molecule has 1 aliphatic rings. The minimum absolute atomic E-state index is 0.0126. The summed E-state index contributed by atoms with van der Waals surface area (Å²) >= 11 is 0. The second-order valence-electron chi connectivity index (χ2n) is 4.68. The van der Waals surface area contributed by atoms with Crippen LogP contribution in [0.15, 0.2) is 18.2 Å². The summed E-state index contributed by atoms with van der Waals surface area (Å²) in [5.41, 5.74) is 1.61. The van der Waals surface area contributed by atoms with Crippen LogP contribution in [0.3, 0.4) is 0 Å². The van der Waals surface area contributed by atoms with Gasteiger partial charge in [-0.1, -0.05) is 0 Å². The SMILES string of the molecule is COC(=O)c1ccc2c(c1)C(C)(C)N(C)C2=O. The van der Waals surface area contributed by atoms with Crippen molar-refractivity contribution in [1.29, 1.82) is 0 Å². The van der Waals surface area contributed by atoms with E-state index in [0.717, 1.165) is 5.56 Å². The van der Waals surface area contributed by atoms with Crippen LogP contribution in [0.25, 0.3) is 0 Å². The van der Waals surface area contributed by atoms with Crippen molar-refractivity contribution in [2.45, 2.75) is 19.4 Å². The van der Waals surface area contributed by atoms with E-state index in [1.807, 2.05) is 13.8 Å². The zero-order chi connectivity index (χ0) is 12.8. The third kappa shape index (κ3) is 1.52. The van der Waals surface area contributed by atoms with E-state index in [1.54, 1.807) is 30.1 Å². The Morgan fingerprint density at radius 1 is 1.35 bits per heavy atom. The molecule has 1 heterocycles. The van der Waals surface area contributed by atoms with Crippen molar-refractivity contribution < 1.29 is 14.3 Å². The topological polar surface area (TPSA) is 46.6 Å². The lowest BCUT2D eigenvalue weighted by Gasteiger charge is -2.28. The lowest BCUT2D eigenvalue weighted by Crippen LogP contribution is -2.35. The molecule has 0 bridgehead atoms. The third-order valence-corrected chi connectivity index (χ3v) is 3.47. The molecule has 4 nitrogen and oxygen atoms in total. The molecule has 1 aliphatic heterocycles. The zero-order valence-corrected chi connectivity index (χ0v) is 10.4. The molecular formula is C13H15NO3. The highest BCUT2D eigenvalue weighted by Gasteiger charge is 2.40. The number of hydrogen-bond donors (Lipinski definition) is 0. The zero-order valence-electron chi connectivity index (χ0n) is 10.4. The number of methoxy groups -OCH3 is 1. The fourth-order valence-corrected chi connectivity index (χ4v) is 2.10. The summed E-state index contributed by atoms with van der Waals surface area (Å²) in [6, 6.07) is 5.05. The summed E-state index contributed by atoms with van der Waals surface area (Å²) < 4.78 is 4.68. The van der Waals surface area contributed by atoms with E-state index >= 15 is 0 Å². The van der Waals surface area contributed by atoms with Crippen LogP contribution >= 0.6 is 0 Å². The largest absolute Gasteiger partial charge is 0.465 e. The highest BCUT2D eigenvalue weighted by Crippen LogP contribution is 2.37. The molecule has 0 unspecified atom stereocenters. The van der Waals surface area contributed by atoms with E-state index in [2.05, 4.69) is 4.74 Å². The fourth-order valence-electron chi connectivity index (χ4n) is 2.10. The molecule has 90 valence electrons. The monoisotopic (exact) mass is 233 g/mol. The summed E-state index contributed by atoms with van der Waals surface area (Å²) in [6.07, 6.45) is 0. The molecule has 0 saturated carbocycles. The predicted molar refractivity (Wildman–Crippen MR) is 62.9 cm³/mol. The second-order valence-corrected chi connectivity index (χ2v) is 4.68. The fraction of sp³-hybridized carbons (Fsp3) is 0.385. The van der Waals surface area contributed by atoms with Gasteiger partial charge < -0.3 is 9.64 Å². The molecule has 1 amide bonds. The third-order valence-electron chi connectivity index (χ3n) is 3.47. The van der Waals surface area contributed by atoms with E-state index in [-0.39, 0.29) is 11.9 Å². The Kier molecular flexibility index (Phi) is 2.45. The van der Waals surface area contributed by atoms with Gasteiger partial charge >= 0.3 is 5.97 Å². The maximum absolute atomic E-state index is 12.0. The Morgan fingerprint density at radius 2 is 2.00 bits per heavy atom. The van der Waals surface area contributed by atoms with Gasteiger partial charge in [-0.15, -0.1) is 0 Å². The number of fused-ring (bicyclic) bond motifs is 1. The molecule has 0 atom stereocenters. The lowest BCUT2D eigenvalue weighted by molar-refractivity contribution is 0.0600. The Morgan fingerprint density at radius 3 is 2.59 bits per heavy atom. The highest BCUT2D eigenvalue weighted by atomic mass is 16.5. The van der Waals surface area contributed by atoms with E-state index in [9.17, 15) is 9.59 Å². The summed E-state index contributed by atoms with van der Waals surface area (Å²) in [4.78, 5) is 25.1. The van der Waals surface area contributed by atoms with Gasteiger partial charge in [0.2, 0.25) is 0 Å². The first-order valence-corrected chi connectivity index (χ1v) is 5.40. The standard InChI is InChI=1S/C13H15NO3/c1-13(2)10-7-8(12(16)17-4)5-6-9(10)11(15)14(13)3/h5-7H,1-4H3. The Balaban J connectivity index is 2.58. The number of ether oxygens (including phenoxy) is 1. The molecule has 0 aliphatic carbocycles. The molecule has 0 saturated heterocycles. The van der Waals surface area contributed by atoms with Gasteiger partial charge in [0.15, 0.2) is 0 Å². The van der Waals surface area contributed by atoms with E-state index in [4.69, 9.17) is 0 Å². The second kappa shape index (κ2) is 3.58. The smallest absolute Gasteiger partial charge is 0.337 e. The maximum atomic E-state index is 12.0. The van der Waals surface area contributed by atoms with Crippen LogP contribution in [-0.2, 0) is 10.3 Å². The van der Waals surface area contributed by atoms with Crippen molar-refractivity contribution in [3.05, 3.63) is 34.9 Å². The molecule has 1 aromatic rings. The van der Waals surface area contributed by atoms with E-state index in [1.165, 1.54) is 7.11 Å². The van der Waals surface area contributed by atoms with Crippen LogP contribution < -0.4 is 0 Å². The highest BCUT2D eigenvalue weighted by molar-refractivity contribution is 6.01. The van der Waals surface area contributed by atoms with Gasteiger partial charge in [0, 0.05) is 12.6 Å². The normalized spacial score (nSPS) is 16.9. The van der Waals surface area contributed by atoms with Crippen molar-refractivity contribution in [2.75, 3.05) is 14.2 Å². The summed E-state index contributed by atoms with van der Waals surface area (Å²) in [7, 11) is 3.11. The average molecular weight is 233 g/mol. The molecule has 17 heavy (non-hydrogen) atoms. The average Bonchev–Trinajstić information content (AvgIpc) is 2.50. The lowest BCUT2D eigenvalue weighted by atomic mass is 9.92. The molecule has 1 aromatic carbocycles. The van der Waals surface area contributed by atoms with Crippen molar-refractivity contribution in [1.82, 2.24) is 4.90 Å². The number of nitrogens with zero attached hydrogens (tertiary/aromatic N) is 1. The van der Waals surface area contributed by atoms with Gasteiger partial charge in [0.1, 0.15) is 0 Å². The van der Waals surface area contributed by atoms with Gasteiger partial charge in [0.25, 0.3) is 5.91 Å². The van der Waals surface area contributed by atoms with Crippen molar-refractivity contribution >= 4 is 11.9 Å². The van der Waals surface area contributed by atoms with Crippen LogP contribution in [-0.4, -0.2) is 30.9 Å². The molecule has 0 N–H and O–H groups in total. The first-order chi connectivity index (χ1) is 7.89. The molecule has 0 fully saturated rings. The van der Waals surface area contributed by atoms with Crippen molar-refractivity contribution in [2.24, 2.45) is 0 Å². The van der Waals surface area contributed by atoms with Crippen molar-refractivity contribution in [3.63, 3.8) is 0 Å². The molecule has 2 rings (SSSR count). The van der Waals surface area contributed by atoms with Crippen LogP contribution in [0.1, 0.15) is 40.1 Å². The number of rotatable bonds is 1. The summed E-state index contributed by atoms with van der Waals surface area (Å²) in [6.45, 7) is 3.91. The van der Waals surface area contributed by atoms with Crippen LogP contribution in [0, 0.1) is 0 Å². The summed E-state index contributed by atoms with van der Waals surface area (Å²) in [5, 5.41) is 0. The van der Waals surface area contributed by atoms with Crippen LogP contribution in [0.5, 0.6) is 0 Å². The number of carbonyl (C=O) groups is 2. The Labute approximate surface area is 100 Å². The molecule has 0 spiro atoms. The molecule has 0 aromatic heterocycles. The maximum Gasteiger partial charge on any atom is 0.337 e. The van der Waals surface area contributed by atoms with Crippen LogP contribution in [0.2, 0.25) is 0 Å². The van der Waals surface area contributed by atoms with Gasteiger partial charge in [0.05, 0.1) is 18.2 Å². The van der Waals surface area contributed by atoms with Gasteiger partial charge in [-0.2, -0.15) is 0 Å². The molecular weight excluding hydrogens is 218 g/mol. The van der Waals surface area contributed by atoms with E-state index < -0.39 is 5.54 Å². The van der Waals surface area contributed by atoms with Gasteiger partial charge in [-0.3, -0.25) is 4.79 Å². The first kappa shape index (κ1) is 11.6. The first-order valence-electron chi connectivity index (χ1n) is 5.40. The van der Waals surface area contributed by atoms with Crippen LogP contribution in [0.4, 0.5) is 0 Å².